The number of para-hydroxylation sites is 1. The van der Waals surface area contributed by atoms with Gasteiger partial charge in [0, 0.05) is 0 Å². The molecule has 0 fully saturated rings. The molecule has 1 N–H and O–H groups in total. The first kappa shape index (κ1) is 12.2. The summed E-state index contributed by atoms with van der Waals surface area (Å²) in [6, 6.07) is 7.03. The Morgan fingerprint density at radius 3 is 2.76 bits per heavy atom. The van der Waals surface area contributed by atoms with Crippen molar-refractivity contribution in [2.75, 3.05) is 6.61 Å². The van der Waals surface area contributed by atoms with Crippen LogP contribution in [0.25, 0.3) is 0 Å². The number of ether oxygens (including phenoxy) is 1. The largest absolute Gasteiger partial charge is 0.493 e. The highest BCUT2D eigenvalue weighted by Crippen LogP contribution is 2.38. The van der Waals surface area contributed by atoms with Crippen LogP contribution >= 0.6 is 0 Å². The minimum atomic E-state index is -4.55. The molecule has 0 spiro atoms. The summed E-state index contributed by atoms with van der Waals surface area (Å²) in [6.45, 7) is 0.395. The van der Waals surface area contributed by atoms with E-state index in [9.17, 15) is 13.2 Å². The number of aliphatic hydroxyl groups is 1. The van der Waals surface area contributed by atoms with Crippen molar-refractivity contribution in [1.82, 2.24) is 0 Å². The maximum atomic E-state index is 12.3. The van der Waals surface area contributed by atoms with E-state index in [1.165, 1.54) is 0 Å². The zero-order valence-electron chi connectivity index (χ0n) is 9.07. The van der Waals surface area contributed by atoms with E-state index in [1.54, 1.807) is 24.3 Å². The minimum Gasteiger partial charge on any atom is -0.493 e. The maximum Gasteiger partial charge on any atom is 0.414 e. The molecule has 2 atom stereocenters. The lowest BCUT2D eigenvalue weighted by Crippen LogP contribution is -2.31. The van der Waals surface area contributed by atoms with Gasteiger partial charge in [-0.3, -0.25) is 0 Å². The summed E-state index contributed by atoms with van der Waals surface area (Å²) >= 11 is 0. The predicted octanol–water partition coefficient (Wildman–Crippen LogP) is 2.87. The Labute approximate surface area is 97.0 Å². The second kappa shape index (κ2) is 4.56. The molecule has 0 amide bonds. The monoisotopic (exact) mass is 246 g/mol. The first-order chi connectivity index (χ1) is 7.98. The number of halogens is 3. The fourth-order valence-electron chi connectivity index (χ4n) is 2.06. The number of alkyl halides is 3. The Morgan fingerprint density at radius 2 is 2.06 bits per heavy atom. The van der Waals surface area contributed by atoms with Crippen LogP contribution in [0.3, 0.4) is 0 Å². The molecule has 0 radical (unpaired) electrons. The summed E-state index contributed by atoms with van der Waals surface area (Å²) in [5.74, 6) is 0.328. The lowest BCUT2D eigenvalue weighted by Gasteiger charge is -2.28. The van der Waals surface area contributed by atoms with Gasteiger partial charge in [0.1, 0.15) is 11.9 Å². The molecule has 0 saturated carbocycles. The predicted molar refractivity (Wildman–Crippen MR) is 56.0 cm³/mol. The van der Waals surface area contributed by atoms with Crippen molar-refractivity contribution in [3.8, 4) is 5.75 Å². The van der Waals surface area contributed by atoms with Crippen LogP contribution < -0.4 is 4.74 Å². The Bertz CT molecular complexity index is 390. The maximum absolute atomic E-state index is 12.3. The molecule has 0 aromatic heterocycles. The van der Waals surface area contributed by atoms with Gasteiger partial charge in [0.15, 0.2) is 0 Å². The Morgan fingerprint density at radius 1 is 1.35 bits per heavy atom. The molecule has 2 rings (SSSR count). The van der Waals surface area contributed by atoms with Gasteiger partial charge in [-0.1, -0.05) is 18.2 Å². The molecule has 94 valence electrons. The van der Waals surface area contributed by atoms with Crippen LogP contribution in [-0.4, -0.2) is 24.0 Å². The summed E-state index contributed by atoms with van der Waals surface area (Å²) in [7, 11) is 0. The fraction of sp³-hybridized carbons (Fsp3) is 0.500. The van der Waals surface area contributed by atoms with Gasteiger partial charge < -0.3 is 9.84 Å². The van der Waals surface area contributed by atoms with Crippen molar-refractivity contribution in [2.45, 2.75) is 31.0 Å². The van der Waals surface area contributed by atoms with Gasteiger partial charge in [-0.2, -0.15) is 13.2 Å². The van der Waals surface area contributed by atoms with Crippen LogP contribution in [0.5, 0.6) is 5.75 Å². The zero-order valence-corrected chi connectivity index (χ0v) is 9.07. The third-order valence-electron chi connectivity index (χ3n) is 2.97. The number of fused-ring (bicyclic) bond motifs is 1. The van der Waals surface area contributed by atoms with Gasteiger partial charge in [0.25, 0.3) is 0 Å². The van der Waals surface area contributed by atoms with Crippen molar-refractivity contribution in [1.29, 1.82) is 0 Å². The number of hydrogen-bond donors (Lipinski definition) is 1. The molecule has 1 aromatic carbocycles. The van der Waals surface area contributed by atoms with Gasteiger partial charge in [0.05, 0.1) is 6.61 Å². The molecule has 2 nitrogen and oxygen atoms in total. The summed E-state index contributed by atoms with van der Waals surface area (Å²) in [4.78, 5) is 0. The van der Waals surface area contributed by atoms with Crippen LogP contribution in [0.2, 0.25) is 0 Å². The van der Waals surface area contributed by atoms with Crippen molar-refractivity contribution in [3.63, 3.8) is 0 Å². The molecule has 1 unspecified atom stereocenters. The first-order valence-corrected chi connectivity index (χ1v) is 5.45. The fourth-order valence-corrected chi connectivity index (χ4v) is 2.06. The van der Waals surface area contributed by atoms with Gasteiger partial charge in [-0.15, -0.1) is 0 Å². The van der Waals surface area contributed by atoms with Crippen LogP contribution in [0.4, 0.5) is 13.2 Å². The van der Waals surface area contributed by atoms with Gasteiger partial charge in [-0.25, -0.2) is 0 Å². The summed E-state index contributed by atoms with van der Waals surface area (Å²) in [5, 5.41) is 9.10. The Kier molecular flexibility index (Phi) is 3.28. The number of benzene rings is 1. The van der Waals surface area contributed by atoms with E-state index in [0.29, 0.717) is 18.8 Å². The van der Waals surface area contributed by atoms with Crippen LogP contribution in [-0.2, 0) is 0 Å². The lowest BCUT2D eigenvalue weighted by molar-refractivity contribution is -0.207. The average molecular weight is 246 g/mol. The van der Waals surface area contributed by atoms with E-state index in [4.69, 9.17) is 9.84 Å². The highest BCUT2D eigenvalue weighted by Gasteiger charge is 2.40. The molecule has 17 heavy (non-hydrogen) atoms. The van der Waals surface area contributed by atoms with Crippen LogP contribution in [0, 0.1) is 0 Å². The second-order valence-corrected chi connectivity index (χ2v) is 4.16. The van der Waals surface area contributed by atoms with E-state index in [0.717, 1.165) is 5.56 Å². The molecule has 1 heterocycles. The van der Waals surface area contributed by atoms with Gasteiger partial charge in [0.2, 0.25) is 0 Å². The van der Waals surface area contributed by atoms with Crippen molar-refractivity contribution < 1.29 is 23.0 Å². The highest BCUT2D eigenvalue weighted by molar-refractivity contribution is 5.37. The molecule has 0 bridgehead atoms. The normalized spacial score (nSPS) is 21.5. The van der Waals surface area contributed by atoms with E-state index in [-0.39, 0.29) is 12.3 Å². The van der Waals surface area contributed by atoms with Gasteiger partial charge in [-0.05, 0) is 30.4 Å². The zero-order chi connectivity index (χ0) is 12.5. The van der Waals surface area contributed by atoms with Crippen molar-refractivity contribution >= 4 is 0 Å². The lowest BCUT2D eigenvalue weighted by atomic mass is 9.88. The summed E-state index contributed by atoms with van der Waals surface area (Å²) < 4.78 is 42.3. The topological polar surface area (TPSA) is 29.5 Å². The molecule has 1 aromatic rings. The molecule has 5 heteroatoms. The molecule has 1 aliphatic rings. The second-order valence-electron chi connectivity index (χ2n) is 4.16. The number of rotatable bonds is 2. The van der Waals surface area contributed by atoms with Crippen LogP contribution in [0.15, 0.2) is 24.3 Å². The molecular weight excluding hydrogens is 233 g/mol. The standard InChI is InChI=1S/C12H13F3O2/c13-12(14,15)11(16)7-8-5-6-17-10-4-2-1-3-9(8)10/h1-4,8,11,16H,5-7H2/t8?,11-/m0/s1. The summed E-state index contributed by atoms with van der Waals surface area (Å²) in [5.41, 5.74) is 0.752. The van der Waals surface area contributed by atoms with Gasteiger partial charge >= 0.3 is 6.18 Å². The van der Waals surface area contributed by atoms with E-state index < -0.39 is 12.3 Å². The highest BCUT2D eigenvalue weighted by atomic mass is 19.4. The average Bonchev–Trinajstić information content (AvgIpc) is 2.28. The van der Waals surface area contributed by atoms with E-state index >= 15 is 0 Å². The number of aliphatic hydroxyl groups excluding tert-OH is 1. The molecule has 0 saturated heterocycles. The molecular formula is C12H13F3O2. The number of hydrogen-bond acceptors (Lipinski definition) is 2. The summed E-state index contributed by atoms with van der Waals surface area (Å²) in [6.07, 6.45) is -6.61. The third kappa shape index (κ3) is 2.72. The quantitative estimate of drug-likeness (QED) is 0.869. The van der Waals surface area contributed by atoms with Crippen LogP contribution in [0.1, 0.15) is 24.3 Å². The smallest absolute Gasteiger partial charge is 0.414 e. The third-order valence-corrected chi connectivity index (χ3v) is 2.97. The molecule has 0 aliphatic carbocycles. The Balaban J connectivity index is 2.14. The SMILES string of the molecule is O[C@@H](CC1CCOc2ccccc21)C(F)(F)F. The van der Waals surface area contributed by atoms with Crippen molar-refractivity contribution in [2.24, 2.45) is 0 Å². The molecule has 1 aliphatic heterocycles. The van der Waals surface area contributed by atoms with E-state index in [1.807, 2.05) is 0 Å². The van der Waals surface area contributed by atoms with Crippen molar-refractivity contribution in [3.05, 3.63) is 29.8 Å². The Hall–Kier alpha value is -1.23. The minimum absolute atomic E-state index is 0.295. The van der Waals surface area contributed by atoms with E-state index in [2.05, 4.69) is 0 Å². The first-order valence-electron chi connectivity index (χ1n) is 5.45.